The summed E-state index contributed by atoms with van der Waals surface area (Å²) in [6.07, 6.45) is 3.46. The Hall–Kier alpha value is -4.43. The van der Waals surface area contributed by atoms with Crippen LogP contribution in [0.2, 0.25) is 0 Å². The van der Waals surface area contributed by atoms with Crippen LogP contribution in [0.1, 0.15) is 35.5 Å². The van der Waals surface area contributed by atoms with Crippen LogP contribution in [0.25, 0.3) is 10.9 Å². The van der Waals surface area contributed by atoms with Crippen LogP contribution in [-0.4, -0.2) is 67.6 Å². The molecule has 1 amide bonds. The number of pyridine rings is 3. The maximum atomic E-state index is 14.8. The average Bonchev–Trinajstić information content (AvgIpc) is 3.14. The molecule has 44 heavy (non-hydrogen) atoms. The third kappa shape index (κ3) is 5.50. The number of nitrogens with one attached hydrogen (secondary N) is 1. The van der Waals surface area contributed by atoms with Gasteiger partial charge in [-0.2, -0.15) is 0 Å². The van der Waals surface area contributed by atoms with E-state index in [0.717, 1.165) is 36.3 Å². The number of halogens is 2. The number of carbonyl (C=O) groups excluding carboxylic acids is 1. The molecule has 230 valence electrons. The van der Waals surface area contributed by atoms with E-state index in [1.54, 1.807) is 12.3 Å². The second kappa shape index (κ2) is 11.9. The van der Waals surface area contributed by atoms with Crippen LogP contribution in [0.15, 0.2) is 53.7 Å². The van der Waals surface area contributed by atoms with E-state index in [4.69, 9.17) is 14.5 Å². The van der Waals surface area contributed by atoms with Gasteiger partial charge < -0.3 is 24.6 Å². The molecule has 2 aliphatic rings. The zero-order chi connectivity index (χ0) is 31.0. The molecule has 0 aliphatic carbocycles. The van der Waals surface area contributed by atoms with Crippen molar-refractivity contribution in [3.63, 3.8) is 0 Å². The van der Waals surface area contributed by atoms with Gasteiger partial charge in [0.1, 0.15) is 18.2 Å². The largest absolute Gasteiger partial charge is 0.488 e. The fourth-order valence-corrected chi connectivity index (χ4v) is 6.60. The highest BCUT2D eigenvalue weighted by Crippen LogP contribution is 2.37. The minimum Gasteiger partial charge on any atom is -0.488 e. The summed E-state index contributed by atoms with van der Waals surface area (Å²) in [5.41, 5.74) is -0.835. The molecule has 4 aromatic rings. The van der Waals surface area contributed by atoms with E-state index in [2.05, 4.69) is 34.0 Å². The lowest BCUT2D eigenvalue weighted by Crippen LogP contribution is -2.30. The normalized spacial score (nSPS) is 17.3. The van der Waals surface area contributed by atoms with Crippen LogP contribution in [-0.2, 0) is 27.7 Å². The van der Waals surface area contributed by atoms with Crippen molar-refractivity contribution in [1.29, 1.82) is 0 Å². The second-order valence-electron chi connectivity index (χ2n) is 10.3. The molecule has 0 unspecified atom stereocenters. The summed E-state index contributed by atoms with van der Waals surface area (Å²) >= 11 is 0. The van der Waals surface area contributed by atoms with Gasteiger partial charge in [-0.3, -0.25) is 9.78 Å². The number of amides is 1. The van der Waals surface area contributed by atoms with Gasteiger partial charge in [0.2, 0.25) is 15.3 Å². The number of anilines is 3. The van der Waals surface area contributed by atoms with Crippen molar-refractivity contribution >= 4 is 44.0 Å². The van der Waals surface area contributed by atoms with Gasteiger partial charge in [-0.15, -0.1) is 0 Å². The zero-order valence-corrected chi connectivity index (χ0v) is 24.9. The Morgan fingerprint density at radius 3 is 2.75 bits per heavy atom. The number of benzene rings is 1. The van der Waals surface area contributed by atoms with Gasteiger partial charge in [0, 0.05) is 41.9 Å². The topological polar surface area (TPSA) is 127 Å². The molecule has 1 aromatic carbocycles. The number of hydrogen-bond donors (Lipinski definition) is 1. The Balaban J connectivity index is 1.22. The van der Waals surface area contributed by atoms with E-state index in [0.29, 0.717) is 41.7 Å². The summed E-state index contributed by atoms with van der Waals surface area (Å²) in [7, 11) is -4.52. The monoisotopic (exact) mass is 624 g/mol. The number of fused-ring (bicyclic) bond motifs is 3. The third-order valence-corrected chi connectivity index (χ3v) is 9.44. The summed E-state index contributed by atoms with van der Waals surface area (Å²) in [5.74, 6) is 0.307. The van der Waals surface area contributed by atoms with Gasteiger partial charge in [-0.1, -0.05) is 0 Å². The molecule has 5 heterocycles. The number of ether oxygens (including phenoxy) is 2. The Kier molecular flexibility index (Phi) is 8.03. The number of rotatable bonds is 7. The quantitative estimate of drug-likeness (QED) is 0.322. The van der Waals surface area contributed by atoms with Crippen molar-refractivity contribution in [2.24, 2.45) is 0 Å². The summed E-state index contributed by atoms with van der Waals surface area (Å²) in [6.45, 7) is 5.72. The number of alkyl halides is 1. The smallest absolute Gasteiger partial charge is 0.251 e. The fraction of sp³-hybridized carbons (Fsp3) is 0.333. The molecular formula is C30H30F2N6O5S. The van der Waals surface area contributed by atoms with E-state index in [1.807, 2.05) is 29.3 Å². The number of carbonyl (C=O) groups is 1. The van der Waals surface area contributed by atoms with Crippen molar-refractivity contribution in [1.82, 2.24) is 20.3 Å². The van der Waals surface area contributed by atoms with Crippen LogP contribution < -0.4 is 19.9 Å². The molecule has 0 fully saturated rings. The lowest BCUT2D eigenvalue weighted by atomic mass is 10.1. The van der Waals surface area contributed by atoms with Crippen LogP contribution in [0, 0.1) is 5.82 Å². The Bertz CT molecular complexity index is 1850. The van der Waals surface area contributed by atoms with Crippen molar-refractivity contribution in [2.45, 2.75) is 37.4 Å². The minimum atomic E-state index is -4.52. The Morgan fingerprint density at radius 2 is 1.95 bits per heavy atom. The van der Waals surface area contributed by atoms with E-state index in [-0.39, 0.29) is 17.7 Å². The van der Waals surface area contributed by atoms with Crippen LogP contribution in [0.3, 0.4) is 0 Å². The third-order valence-electron chi connectivity index (χ3n) is 7.65. The maximum absolute atomic E-state index is 14.8. The number of nitrogens with zero attached hydrogens (tertiary/aromatic N) is 5. The number of sulfone groups is 1. The lowest BCUT2D eigenvalue weighted by molar-refractivity contribution is 0.0938. The molecule has 1 atom stereocenters. The molecular weight excluding hydrogens is 594 g/mol. The van der Waals surface area contributed by atoms with E-state index in [9.17, 15) is 22.0 Å². The molecule has 14 heteroatoms. The highest BCUT2D eigenvalue weighted by molar-refractivity contribution is 7.92. The molecule has 2 aliphatic heterocycles. The van der Waals surface area contributed by atoms with E-state index < -0.39 is 45.2 Å². The molecule has 0 saturated carbocycles. The standard InChI is InChI=1S/C30H30F2N6O5S/c1-3-37(4-2)21-12-25-29(34-15-21)38(7-8-43-25)28-6-5-18-13-33-20(11-24(18)36-28)14-35-30(39)19-9-23(31)22-16-42-17-27(32)44(40,41)26(22)10-19/h5-6,9-13,15,27H,3-4,7-8,14,16-17H2,1-2H3,(H,35,39)/t27-/m1/s1. The van der Waals surface area contributed by atoms with Crippen LogP contribution >= 0.6 is 0 Å². The molecule has 3 aromatic heterocycles. The summed E-state index contributed by atoms with van der Waals surface area (Å²) in [6, 6.07) is 9.38. The second-order valence-corrected chi connectivity index (χ2v) is 12.4. The molecule has 0 spiro atoms. The van der Waals surface area contributed by atoms with Gasteiger partial charge in [0.25, 0.3) is 5.91 Å². The number of hydrogen-bond acceptors (Lipinski definition) is 10. The number of aromatic nitrogens is 3. The van der Waals surface area contributed by atoms with Crippen LogP contribution in [0.4, 0.5) is 26.1 Å². The molecule has 11 nitrogen and oxygen atoms in total. The lowest BCUT2D eigenvalue weighted by Gasteiger charge is -2.30. The van der Waals surface area contributed by atoms with E-state index >= 15 is 0 Å². The molecule has 0 saturated heterocycles. The van der Waals surface area contributed by atoms with Crippen molar-refractivity contribution in [3.8, 4) is 5.75 Å². The summed E-state index contributed by atoms with van der Waals surface area (Å²) in [4.78, 5) is 30.4. The maximum Gasteiger partial charge on any atom is 0.251 e. The van der Waals surface area contributed by atoms with Crippen LogP contribution in [0.5, 0.6) is 5.75 Å². The summed E-state index contributed by atoms with van der Waals surface area (Å²) < 4.78 is 64.9. The van der Waals surface area contributed by atoms with Gasteiger partial charge in [0.15, 0.2) is 11.6 Å². The summed E-state index contributed by atoms with van der Waals surface area (Å²) in [5, 5.41) is 3.41. The Labute approximate surface area is 252 Å². The molecule has 0 bridgehead atoms. The zero-order valence-electron chi connectivity index (χ0n) is 24.1. The SMILES string of the molecule is CCN(CC)c1cnc2c(c1)OCCN2c1ccc2cnc(CNC(=O)c3cc(F)c4c(c3)S(=O)(=O)[C@@H](F)COC4)cc2n1. The molecule has 6 rings (SSSR count). The first-order chi connectivity index (χ1) is 21.2. The van der Waals surface area contributed by atoms with Crippen molar-refractivity contribution < 1.29 is 31.5 Å². The van der Waals surface area contributed by atoms with E-state index in [1.165, 1.54) is 0 Å². The van der Waals surface area contributed by atoms with Gasteiger partial charge in [0.05, 0.1) is 54.3 Å². The van der Waals surface area contributed by atoms with Crippen molar-refractivity contribution in [2.75, 3.05) is 42.6 Å². The van der Waals surface area contributed by atoms with Crippen molar-refractivity contribution in [3.05, 3.63) is 71.4 Å². The Morgan fingerprint density at radius 1 is 1.14 bits per heavy atom. The molecule has 1 N–H and O–H groups in total. The van der Waals surface area contributed by atoms with Gasteiger partial charge in [-0.05, 0) is 44.2 Å². The van der Waals surface area contributed by atoms with Gasteiger partial charge in [-0.25, -0.2) is 27.2 Å². The first-order valence-electron chi connectivity index (χ1n) is 14.2. The first kappa shape index (κ1) is 29.6. The fourth-order valence-electron chi connectivity index (χ4n) is 5.26. The first-order valence-corrected chi connectivity index (χ1v) is 15.7. The minimum absolute atomic E-state index is 0.0446. The highest BCUT2D eigenvalue weighted by atomic mass is 32.2. The van der Waals surface area contributed by atoms with Gasteiger partial charge >= 0.3 is 0 Å². The predicted octanol–water partition coefficient (Wildman–Crippen LogP) is 4.07. The molecule has 0 radical (unpaired) electrons. The average molecular weight is 625 g/mol. The highest BCUT2D eigenvalue weighted by Gasteiger charge is 2.35. The predicted molar refractivity (Wildman–Crippen MR) is 159 cm³/mol.